The molecule has 3 rings (SSSR count). The first-order chi connectivity index (χ1) is 13.2. The Kier molecular flexibility index (Phi) is 6.34. The van der Waals surface area contributed by atoms with Crippen LogP contribution in [0.4, 0.5) is 0 Å². The third-order valence-corrected chi connectivity index (χ3v) is 7.89. The van der Waals surface area contributed by atoms with Gasteiger partial charge in [0.15, 0.2) is 0 Å². The fourth-order valence-electron chi connectivity index (χ4n) is 3.13. The second-order valence-electron chi connectivity index (χ2n) is 6.90. The Labute approximate surface area is 175 Å². The molecule has 0 saturated carbocycles. The molecule has 1 fully saturated rings. The summed E-state index contributed by atoms with van der Waals surface area (Å²) in [4.78, 5) is 12.4. The summed E-state index contributed by atoms with van der Waals surface area (Å²) in [5.74, 6) is -0.169. The molecule has 1 aliphatic rings. The van der Waals surface area contributed by atoms with E-state index in [0.717, 1.165) is 11.1 Å². The van der Waals surface area contributed by atoms with Crippen molar-refractivity contribution in [3.8, 4) is 5.75 Å². The number of carbonyl (C=O) groups excluding carboxylic acids is 1. The average Bonchev–Trinajstić information content (AvgIpc) is 2.67. The van der Waals surface area contributed by atoms with E-state index >= 15 is 0 Å². The van der Waals surface area contributed by atoms with Gasteiger partial charge in [-0.05, 0) is 62.1 Å². The van der Waals surface area contributed by atoms with E-state index < -0.39 is 10.0 Å². The molecule has 28 heavy (non-hydrogen) atoms. The zero-order valence-corrected chi connectivity index (χ0v) is 17.9. The summed E-state index contributed by atoms with van der Waals surface area (Å²) in [6.45, 7) is 4.38. The Bertz CT molecular complexity index is 999. The van der Waals surface area contributed by atoms with Crippen LogP contribution in [0.5, 0.6) is 5.75 Å². The highest BCUT2D eigenvalue weighted by atomic mass is 35.5. The van der Waals surface area contributed by atoms with Crippen LogP contribution in [0.1, 0.15) is 24.0 Å². The van der Waals surface area contributed by atoms with Crippen molar-refractivity contribution in [1.29, 1.82) is 0 Å². The summed E-state index contributed by atoms with van der Waals surface area (Å²) < 4.78 is 32.5. The van der Waals surface area contributed by atoms with Gasteiger partial charge in [-0.25, -0.2) is 8.42 Å². The normalized spacial score (nSPS) is 16.1. The zero-order chi connectivity index (χ0) is 20.5. The predicted molar refractivity (Wildman–Crippen MR) is 109 cm³/mol. The van der Waals surface area contributed by atoms with Crippen molar-refractivity contribution in [3.63, 3.8) is 0 Å². The van der Waals surface area contributed by atoms with Gasteiger partial charge in [-0.2, -0.15) is 4.31 Å². The van der Waals surface area contributed by atoms with Crippen LogP contribution in [0.2, 0.25) is 10.0 Å². The molecule has 2 aromatic carbocycles. The first kappa shape index (κ1) is 21.1. The lowest BCUT2D eigenvalue weighted by atomic mass is 9.98. The SMILES string of the molecule is Cc1ccc(OC(=O)C2CCN(S(=O)(=O)c3cccc(Cl)c3Cl)CC2)cc1C. The van der Waals surface area contributed by atoms with Gasteiger partial charge in [-0.1, -0.05) is 35.3 Å². The topological polar surface area (TPSA) is 63.7 Å². The van der Waals surface area contributed by atoms with E-state index in [0.29, 0.717) is 18.6 Å². The highest BCUT2D eigenvalue weighted by molar-refractivity contribution is 7.89. The molecular weight excluding hydrogens is 421 g/mol. The first-order valence-corrected chi connectivity index (χ1v) is 11.1. The number of carbonyl (C=O) groups is 1. The number of halogens is 2. The third kappa shape index (κ3) is 4.35. The lowest BCUT2D eigenvalue weighted by Crippen LogP contribution is -2.41. The number of rotatable bonds is 4. The van der Waals surface area contributed by atoms with Gasteiger partial charge in [-0.3, -0.25) is 4.79 Å². The quantitative estimate of drug-likeness (QED) is 0.512. The molecule has 0 spiro atoms. The largest absolute Gasteiger partial charge is 0.426 e. The van der Waals surface area contributed by atoms with Crippen molar-refractivity contribution in [2.75, 3.05) is 13.1 Å². The molecule has 0 N–H and O–H groups in total. The molecule has 150 valence electrons. The number of benzene rings is 2. The van der Waals surface area contributed by atoms with Gasteiger partial charge in [0.25, 0.3) is 0 Å². The monoisotopic (exact) mass is 441 g/mol. The van der Waals surface area contributed by atoms with Crippen molar-refractivity contribution in [1.82, 2.24) is 4.31 Å². The maximum Gasteiger partial charge on any atom is 0.314 e. The van der Waals surface area contributed by atoms with E-state index in [4.69, 9.17) is 27.9 Å². The maximum atomic E-state index is 12.9. The fourth-order valence-corrected chi connectivity index (χ4v) is 5.34. The highest BCUT2D eigenvalue weighted by Crippen LogP contribution is 2.33. The molecule has 1 saturated heterocycles. The summed E-state index contributed by atoms with van der Waals surface area (Å²) in [6, 6.07) is 10.0. The van der Waals surface area contributed by atoms with E-state index in [1.54, 1.807) is 12.1 Å². The average molecular weight is 442 g/mol. The number of hydrogen-bond acceptors (Lipinski definition) is 4. The Balaban J connectivity index is 1.66. The summed E-state index contributed by atoms with van der Waals surface area (Å²) in [5.41, 5.74) is 2.17. The maximum absolute atomic E-state index is 12.9. The number of aryl methyl sites for hydroxylation is 2. The summed E-state index contributed by atoms with van der Waals surface area (Å²) in [6.07, 6.45) is 0.780. The summed E-state index contributed by atoms with van der Waals surface area (Å²) >= 11 is 12.0. The molecule has 8 heteroatoms. The van der Waals surface area contributed by atoms with Crippen LogP contribution in [0, 0.1) is 19.8 Å². The van der Waals surface area contributed by atoms with Crippen molar-refractivity contribution >= 4 is 39.2 Å². The zero-order valence-electron chi connectivity index (χ0n) is 15.6. The van der Waals surface area contributed by atoms with Crippen LogP contribution in [-0.4, -0.2) is 31.8 Å². The number of piperidine rings is 1. The van der Waals surface area contributed by atoms with Crippen molar-refractivity contribution < 1.29 is 17.9 Å². The lowest BCUT2D eigenvalue weighted by Gasteiger charge is -2.30. The number of nitrogens with zero attached hydrogens (tertiary/aromatic N) is 1. The third-order valence-electron chi connectivity index (χ3n) is 5.02. The van der Waals surface area contributed by atoms with Gasteiger partial charge in [0.05, 0.1) is 16.0 Å². The smallest absolute Gasteiger partial charge is 0.314 e. The Morgan fingerprint density at radius 1 is 1.07 bits per heavy atom. The molecule has 1 heterocycles. The molecule has 0 amide bonds. The second kappa shape index (κ2) is 8.41. The van der Waals surface area contributed by atoms with E-state index in [1.165, 1.54) is 16.4 Å². The van der Waals surface area contributed by atoms with Crippen molar-refractivity contribution in [2.45, 2.75) is 31.6 Å². The van der Waals surface area contributed by atoms with Gasteiger partial charge >= 0.3 is 5.97 Å². The molecule has 2 aromatic rings. The van der Waals surface area contributed by atoms with E-state index in [-0.39, 0.29) is 39.9 Å². The van der Waals surface area contributed by atoms with Gasteiger partial charge in [0.1, 0.15) is 10.6 Å². The van der Waals surface area contributed by atoms with Crippen LogP contribution in [0.3, 0.4) is 0 Å². The molecule has 0 unspecified atom stereocenters. The van der Waals surface area contributed by atoms with E-state index in [9.17, 15) is 13.2 Å². The minimum Gasteiger partial charge on any atom is -0.426 e. The van der Waals surface area contributed by atoms with Gasteiger partial charge in [0.2, 0.25) is 10.0 Å². The lowest BCUT2D eigenvalue weighted by molar-refractivity contribution is -0.140. The number of ether oxygens (including phenoxy) is 1. The standard InChI is InChI=1S/C20H21Cl2NO4S/c1-13-6-7-16(12-14(13)2)27-20(24)15-8-10-23(11-9-15)28(25,26)18-5-3-4-17(21)19(18)22/h3-7,12,15H,8-11H2,1-2H3. The van der Waals surface area contributed by atoms with Gasteiger partial charge in [0, 0.05) is 13.1 Å². The Hall–Kier alpha value is -1.60. The van der Waals surface area contributed by atoms with Crippen LogP contribution < -0.4 is 4.74 Å². The first-order valence-electron chi connectivity index (χ1n) is 8.93. The van der Waals surface area contributed by atoms with Crippen LogP contribution >= 0.6 is 23.2 Å². The number of sulfonamides is 1. The number of hydrogen-bond donors (Lipinski definition) is 0. The van der Waals surface area contributed by atoms with E-state index in [1.807, 2.05) is 26.0 Å². The number of esters is 1. The van der Waals surface area contributed by atoms with Crippen molar-refractivity contribution in [3.05, 3.63) is 57.6 Å². The summed E-state index contributed by atoms with van der Waals surface area (Å²) in [7, 11) is -3.77. The molecule has 0 atom stereocenters. The van der Waals surface area contributed by atoms with Gasteiger partial charge in [-0.15, -0.1) is 0 Å². The molecule has 0 aromatic heterocycles. The molecule has 0 aliphatic carbocycles. The van der Waals surface area contributed by atoms with Gasteiger partial charge < -0.3 is 4.74 Å². The van der Waals surface area contributed by atoms with Crippen LogP contribution in [0.25, 0.3) is 0 Å². The van der Waals surface area contributed by atoms with Crippen molar-refractivity contribution in [2.24, 2.45) is 5.92 Å². The molecule has 0 bridgehead atoms. The molecule has 0 radical (unpaired) electrons. The van der Waals surface area contributed by atoms with Crippen LogP contribution in [-0.2, 0) is 14.8 Å². The Morgan fingerprint density at radius 2 is 1.75 bits per heavy atom. The second-order valence-corrected chi connectivity index (χ2v) is 9.59. The fraction of sp³-hybridized carbons (Fsp3) is 0.350. The summed E-state index contributed by atoms with van der Waals surface area (Å²) in [5, 5.41) is 0.204. The minimum absolute atomic E-state index is 0.0143. The predicted octanol–water partition coefficient (Wildman–Crippen LogP) is 4.62. The van der Waals surface area contributed by atoms with E-state index in [2.05, 4.69) is 0 Å². The highest BCUT2D eigenvalue weighted by Gasteiger charge is 2.34. The minimum atomic E-state index is -3.77. The molecule has 5 nitrogen and oxygen atoms in total. The Morgan fingerprint density at radius 3 is 2.39 bits per heavy atom. The molecular formula is C20H21Cl2NO4S. The van der Waals surface area contributed by atoms with Crippen LogP contribution in [0.15, 0.2) is 41.3 Å². The molecule has 1 aliphatic heterocycles.